The van der Waals surface area contributed by atoms with E-state index >= 15 is 0 Å². The number of halogens is 2. The minimum absolute atomic E-state index is 0.158. The predicted molar refractivity (Wildman–Crippen MR) is 58.7 cm³/mol. The highest BCUT2D eigenvalue weighted by Crippen LogP contribution is 2.24. The fourth-order valence-corrected chi connectivity index (χ4v) is 2.19. The van der Waals surface area contributed by atoms with E-state index in [1.54, 1.807) is 6.07 Å². The lowest BCUT2D eigenvalue weighted by molar-refractivity contribution is 0.0720. The third-order valence-electron chi connectivity index (χ3n) is 3.13. The van der Waals surface area contributed by atoms with E-state index in [0.717, 1.165) is 24.2 Å². The third kappa shape index (κ3) is 1.91. The van der Waals surface area contributed by atoms with Crippen molar-refractivity contribution in [2.24, 2.45) is 5.92 Å². The van der Waals surface area contributed by atoms with Gasteiger partial charge in [-0.1, -0.05) is 5.16 Å². The highest BCUT2D eigenvalue weighted by atomic mass is 19.1. The van der Waals surface area contributed by atoms with Crippen molar-refractivity contribution < 1.29 is 13.3 Å². The predicted octanol–water partition coefficient (Wildman–Crippen LogP) is 2.37. The van der Waals surface area contributed by atoms with Crippen molar-refractivity contribution in [3.63, 3.8) is 0 Å². The number of hydrogen-bond donors (Lipinski definition) is 0. The van der Waals surface area contributed by atoms with Crippen LogP contribution in [0.1, 0.15) is 5.69 Å². The molecule has 0 atom stereocenters. The smallest absolute Gasteiger partial charge is 0.170 e. The summed E-state index contributed by atoms with van der Waals surface area (Å²) in [4.78, 5) is 2.10. The van der Waals surface area contributed by atoms with Crippen molar-refractivity contribution in [2.75, 3.05) is 19.8 Å². The van der Waals surface area contributed by atoms with Crippen LogP contribution in [0.15, 0.2) is 22.7 Å². The molecule has 1 aromatic heterocycles. The topological polar surface area (TPSA) is 29.3 Å². The second-order valence-electron chi connectivity index (χ2n) is 4.48. The quantitative estimate of drug-likeness (QED) is 0.822. The van der Waals surface area contributed by atoms with Gasteiger partial charge in [-0.3, -0.25) is 9.29 Å². The van der Waals surface area contributed by atoms with Crippen molar-refractivity contribution in [3.05, 3.63) is 29.7 Å². The molecule has 1 aliphatic heterocycles. The first-order chi connectivity index (χ1) is 8.26. The fourth-order valence-electron chi connectivity index (χ4n) is 2.19. The first kappa shape index (κ1) is 10.7. The Morgan fingerprint density at radius 1 is 1.41 bits per heavy atom. The van der Waals surface area contributed by atoms with Crippen LogP contribution in [0.2, 0.25) is 0 Å². The molecule has 0 spiro atoms. The Hall–Kier alpha value is -1.49. The van der Waals surface area contributed by atoms with Crippen molar-refractivity contribution in [2.45, 2.75) is 6.54 Å². The standard InChI is InChI=1S/C12H12F2N2O/c13-4-8-5-16(6-8)7-11-10-2-1-9(14)3-12(10)17-15-11/h1-3,8H,4-7H2. The molecule has 0 bridgehead atoms. The largest absolute Gasteiger partial charge is 0.356 e. The summed E-state index contributed by atoms with van der Waals surface area (Å²) >= 11 is 0. The van der Waals surface area contributed by atoms with Crippen molar-refractivity contribution >= 4 is 11.0 Å². The van der Waals surface area contributed by atoms with Crippen LogP contribution in [-0.4, -0.2) is 29.8 Å². The van der Waals surface area contributed by atoms with Crippen LogP contribution >= 0.6 is 0 Å². The summed E-state index contributed by atoms with van der Waals surface area (Å²) in [6.45, 7) is 1.88. The van der Waals surface area contributed by atoms with E-state index in [1.165, 1.54) is 12.1 Å². The first-order valence-corrected chi connectivity index (χ1v) is 5.58. The van der Waals surface area contributed by atoms with Crippen LogP contribution in [0, 0.1) is 11.7 Å². The van der Waals surface area contributed by atoms with E-state index in [1.807, 2.05) is 0 Å². The molecule has 0 saturated carbocycles. The van der Waals surface area contributed by atoms with E-state index in [2.05, 4.69) is 10.1 Å². The van der Waals surface area contributed by atoms with Crippen LogP contribution in [0.5, 0.6) is 0 Å². The molecule has 0 radical (unpaired) electrons. The maximum Gasteiger partial charge on any atom is 0.170 e. The Bertz CT molecular complexity index is 534. The van der Waals surface area contributed by atoms with E-state index < -0.39 is 0 Å². The molecule has 1 saturated heterocycles. The van der Waals surface area contributed by atoms with Crippen LogP contribution < -0.4 is 0 Å². The van der Waals surface area contributed by atoms with Gasteiger partial charge in [-0.2, -0.15) is 0 Å². The Morgan fingerprint density at radius 3 is 3.00 bits per heavy atom. The molecular formula is C12H12F2N2O. The fraction of sp³-hybridized carbons (Fsp3) is 0.417. The minimum atomic E-state index is -0.332. The van der Waals surface area contributed by atoms with Crippen LogP contribution in [0.25, 0.3) is 11.0 Å². The summed E-state index contributed by atoms with van der Waals surface area (Å²) < 4.78 is 30.3. The maximum absolute atomic E-state index is 12.9. The summed E-state index contributed by atoms with van der Waals surface area (Å²) in [5.74, 6) is -0.174. The van der Waals surface area contributed by atoms with Crippen LogP contribution in [0.4, 0.5) is 8.78 Å². The second-order valence-corrected chi connectivity index (χ2v) is 4.48. The van der Waals surface area contributed by atoms with Gasteiger partial charge in [0.2, 0.25) is 0 Å². The Morgan fingerprint density at radius 2 is 2.24 bits per heavy atom. The zero-order valence-corrected chi connectivity index (χ0v) is 9.20. The van der Waals surface area contributed by atoms with Gasteiger partial charge in [0.15, 0.2) is 5.58 Å². The molecule has 3 rings (SSSR count). The van der Waals surface area contributed by atoms with Gasteiger partial charge in [0.05, 0.1) is 6.67 Å². The van der Waals surface area contributed by atoms with E-state index in [0.29, 0.717) is 12.1 Å². The normalized spacial score (nSPS) is 17.5. The summed E-state index contributed by atoms with van der Waals surface area (Å²) in [6.07, 6.45) is 0. The summed E-state index contributed by atoms with van der Waals surface area (Å²) in [5.41, 5.74) is 1.25. The Kier molecular flexibility index (Phi) is 2.55. The SMILES string of the molecule is FCC1CN(Cc2noc3cc(F)ccc23)C1. The lowest BCUT2D eigenvalue weighted by Gasteiger charge is -2.37. The summed E-state index contributed by atoms with van der Waals surface area (Å²) in [7, 11) is 0. The molecule has 90 valence electrons. The zero-order chi connectivity index (χ0) is 11.8. The van der Waals surface area contributed by atoms with Gasteiger partial charge >= 0.3 is 0 Å². The molecular weight excluding hydrogens is 226 g/mol. The highest BCUT2D eigenvalue weighted by Gasteiger charge is 2.27. The molecule has 0 unspecified atom stereocenters. The van der Waals surface area contributed by atoms with Gasteiger partial charge < -0.3 is 4.52 Å². The minimum Gasteiger partial charge on any atom is -0.356 e. The second kappa shape index (κ2) is 4.07. The number of alkyl halides is 1. The van der Waals surface area contributed by atoms with Crippen LogP contribution in [0.3, 0.4) is 0 Å². The van der Waals surface area contributed by atoms with Crippen molar-refractivity contribution in [3.8, 4) is 0 Å². The van der Waals surface area contributed by atoms with Crippen molar-refractivity contribution in [1.82, 2.24) is 10.1 Å². The van der Waals surface area contributed by atoms with Crippen molar-refractivity contribution in [1.29, 1.82) is 0 Å². The molecule has 5 heteroatoms. The first-order valence-electron chi connectivity index (χ1n) is 5.58. The van der Waals surface area contributed by atoms with Gasteiger partial charge in [-0.15, -0.1) is 0 Å². The Balaban J connectivity index is 1.77. The monoisotopic (exact) mass is 238 g/mol. The molecule has 1 aliphatic rings. The maximum atomic E-state index is 12.9. The molecule has 0 N–H and O–H groups in total. The number of rotatable bonds is 3. The zero-order valence-electron chi connectivity index (χ0n) is 9.20. The third-order valence-corrected chi connectivity index (χ3v) is 3.13. The molecule has 0 aliphatic carbocycles. The molecule has 17 heavy (non-hydrogen) atoms. The lowest BCUT2D eigenvalue weighted by atomic mass is 10.0. The number of likely N-dealkylation sites (tertiary alicyclic amines) is 1. The Labute approximate surface area is 97.0 Å². The average molecular weight is 238 g/mol. The van der Waals surface area contributed by atoms with Gasteiger partial charge in [-0.25, -0.2) is 4.39 Å². The van der Waals surface area contributed by atoms with Crippen LogP contribution in [-0.2, 0) is 6.54 Å². The molecule has 0 amide bonds. The molecule has 2 aromatic rings. The number of hydrogen-bond acceptors (Lipinski definition) is 3. The van der Waals surface area contributed by atoms with Gasteiger partial charge in [-0.05, 0) is 12.1 Å². The molecule has 3 nitrogen and oxygen atoms in total. The van der Waals surface area contributed by atoms with Gasteiger partial charge in [0.25, 0.3) is 0 Å². The molecule has 2 heterocycles. The lowest BCUT2D eigenvalue weighted by Crippen LogP contribution is -2.46. The van der Waals surface area contributed by atoms with E-state index in [4.69, 9.17) is 4.52 Å². The van der Waals surface area contributed by atoms with Gasteiger partial charge in [0, 0.05) is 37.0 Å². The molecule has 1 aromatic carbocycles. The highest BCUT2D eigenvalue weighted by molar-refractivity contribution is 5.79. The average Bonchev–Trinajstić information content (AvgIpc) is 2.65. The van der Waals surface area contributed by atoms with E-state index in [9.17, 15) is 8.78 Å². The summed E-state index contributed by atoms with van der Waals surface area (Å²) in [5, 5.41) is 4.76. The number of aromatic nitrogens is 1. The summed E-state index contributed by atoms with van der Waals surface area (Å²) in [6, 6.07) is 4.39. The molecule has 1 fully saturated rings. The number of benzene rings is 1. The van der Waals surface area contributed by atoms with E-state index in [-0.39, 0.29) is 18.4 Å². The van der Waals surface area contributed by atoms with Gasteiger partial charge in [0.1, 0.15) is 11.5 Å². The number of nitrogens with zero attached hydrogens (tertiary/aromatic N) is 2. The number of fused-ring (bicyclic) bond motifs is 1.